The van der Waals surface area contributed by atoms with E-state index in [1.807, 2.05) is 45.0 Å². The average Bonchev–Trinajstić information content (AvgIpc) is 3.15. The van der Waals surface area contributed by atoms with Gasteiger partial charge in [0.1, 0.15) is 11.4 Å². The average molecular weight is 399 g/mol. The predicted octanol–water partition coefficient (Wildman–Crippen LogP) is 5.62. The van der Waals surface area contributed by atoms with E-state index in [1.54, 1.807) is 12.1 Å². The van der Waals surface area contributed by atoms with Crippen molar-refractivity contribution >= 4 is 6.09 Å². The summed E-state index contributed by atoms with van der Waals surface area (Å²) in [6.45, 7) is 8.54. The lowest BCUT2D eigenvalue weighted by Crippen LogP contribution is -2.45. The van der Waals surface area contributed by atoms with Crippen LogP contribution < -0.4 is 5.32 Å². The number of rotatable bonds is 5. The Morgan fingerprint density at radius 2 is 1.79 bits per heavy atom. The van der Waals surface area contributed by atoms with Gasteiger partial charge in [-0.25, -0.2) is 9.18 Å². The van der Waals surface area contributed by atoms with Crippen molar-refractivity contribution in [2.24, 2.45) is 0 Å². The number of benzene rings is 2. The van der Waals surface area contributed by atoms with Crippen molar-refractivity contribution in [3.05, 3.63) is 71.5 Å². The number of nitrogens with zero attached hydrogens (tertiary/aromatic N) is 1. The van der Waals surface area contributed by atoms with E-state index in [4.69, 9.17) is 4.74 Å². The Kier molecular flexibility index (Phi) is 6.58. The molecule has 2 aromatic rings. The highest BCUT2D eigenvalue weighted by Crippen LogP contribution is 2.36. The molecule has 0 radical (unpaired) electrons. The monoisotopic (exact) mass is 398 g/mol. The molecule has 0 aromatic heterocycles. The molecule has 1 saturated heterocycles. The van der Waals surface area contributed by atoms with Gasteiger partial charge >= 0.3 is 6.09 Å². The van der Waals surface area contributed by atoms with Crippen LogP contribution in [-0.2, 0) is 4.74 Å². The van der Waals surface area contributed by atoms with E-state index in [2.05, 4.69) is 29.3 Å². The standard InChI is InChI=1S/C24H31FN2O2/c1-17(18-11-6-5-7-12-18)27-16-10-15-21(27)22(19-13-8-9-14-20(19)25)26-23(28)29-24(2,3)4/h5-9,11-14,17,21-22H,10,15-16H2,1-4H3,(H,26,28)/t17-,21?,22?/m0/s1. The van der Waals surface area contributed by atoms with Crippen LogP contribution in [0, 0.1) is 5.82 Å². The van der Waals surface area contributed by atoms with Crippen LogP contribution in [0.3, 0.4) is 0 Å². The van der Waals surface area contributed by atoms with Gasteiger partial charge in [0, 0.05) is 17.6 Å². The van der Waals surface area contributed by atoms with Crippen LogP contribution in [0.15, 0.2) is 54.6 Å². The molecule has 1 aliphatic heterocycles. The molecule has 0 spiro atoms. The third-order valence-electron chi connectivity index (χ3n) is 5.42. The second-order valence-corrected chi connectivity index (χ2v) is 8.68. The number of amides is 1. The molecule has 0 aliphatic carbocycles. The Bertz CT molecular complexity index is 819. The number of alkyl carbamates (subject to hydrolysis) is 1. The van der Waals surface area contributed by atoms with Gasteiger partial charge in [-0.15, -0.1) is 0 Å². The minimum absolute atomic E-state index is 0.0189. The number of hydrogen-bond donors (Lipinski definition) is 1. The van der Waals surface area contributed by atoms with Crippen LogP contribution in [0.4, 0.5) is 9.18 Å². The fourth-order valence-electron chi connectivity index (χ4n) is 4.12. The van der Waals surface area contributed by atoms with Gasteiger partial charge in [0.25, 0.3) is 0 Å². The minimum atomic E-state index is -0.615. The largest absolute Gasteiger partial charge is 0.444 e. The van der Waals surface area contributed by atoms with E-state index in [1.165, 1.54) is 11.6 Å². The second kappa shape index (κ2) is 8.95. The highest BCUT2D eigenvalue weighted by molar-refractivity contribution is 5.68. The number of hydrogen-bond acceptors (Lipinski definition) is 3. The topological polar surface area (TPSA) is 41.6 Å². The lowest BCUT2D eigenvalue weighted by Gasteiger charge is -2.37. The van der Waals surface area contributed by atoms with Crippen LogP contribution in [0.5, 0.6) is 0 Å². The van der Waals surface area contributed by atoms with Crippen molar-refractivity contribution in [1.82, 2.24) is 10.2 Å². The lowest BCUT2D eigenvalue weighted by atomic mass is 9.95. The van der Waals surface area contributed by atoms with Gasteiger partial charge in [-0.3, -0.25) is 4.90 Å². The fourth-order valence-corrected chi connectivity index (χ4v) is 4.12. The molecule has 0 saturated carbocycles. The predicted molar refractivity (Wildman–Crippen MR) is 113 cm³/mol. The summed E-state index contributed by atoms with van der Waals surface area (Å²) < 4.78 is 20.2. The van der Waals surface area contributed by atoms with Crippen LogP contribution in [-0.4, -0.2) is 29.2 Å². The minimum Gasteiger partial charge on any atom is -0.444 e. The van der Waals surface area contributed by atoms with Crippen molar-refractivity contribution in [1.29, 1.82) is 0 Å². The van der Waals surface area contributed by atoms with Gasteiger partial charge in [0.15, 0.2) is 0 Å². The first-order valence-corrected chi connectivity index (χ1v) is 10.3. The Hall–Kier alpha value is -2.40. The molecule has 2 unspecified atom stereocenters. The summed E-state index contributed by atoms with van der Waals surface area (Å²) in [7, 11) is 0. The van der Waals surface area contributed by atoms with Crippen LogP contribution in [0.25, 0.3) is 0 Å². The van der Waals surface area contributed by atoms with Gasteiger partial charge in [-0.1, -0.05) is 48.5 Å². The van der Waals surface area contributed by atoms with Crippen LogP contribution in [0.1, 0.15) is 63.7 Å². The van der Waals surface area contributed by atoms with Crippen molar-refractivity contribution in [3.63, 3.8) is 0 Å². The highest BCUT2D eigenvalue weighted by atomic mass is 19.1. The number of likely N-dealkylation sites (tertiary alicyclic amines) is 1. The zero-order chi connectivity index (χ0) is 21.0. The van der Waals surface area contributed by atoms with E-state index >= 15 is 0 Å². The second-order valence-electron chi connectivity index (χ2n) is 8.68. The third-order valence-corrected chi connectivity index (χ3v) is 5.42. The van der Waals surface area contributed by atoms with Crippen molar-refractivity contribution in [2.75, 3.05) is 6.54 Å². The molecule has 4 nitrogen and oxygen atoms in total. The lowest BCUT2D eigenvalue weighted by molar-refractivity contribution is 0.0457. The fraction of sp³-hybridized carbons (Fsp3) is 0.458. The number of ether oxygens (including phenoxy) is 1. The van der Waals surface area contributed by atoms with E-state index in [0.717, 1.165) is 19.4 Å². The van der Waals surface area contributed by atoms with Gasteiger partial charge in [-0.05, 0) is 58.7 Å². The van der Waals surface area contributed by atoms with Crippen molar-refractivity contribution in [3.8, 4) is 0 Å². The van der Waals surface area contributed by atoms with Gasteiger partial charge in [-0.2, -0.15) is 0 Å². The summed E-state index contributed by atoms with van der Waals surface area (Å²) in [4.78, 5) is 14.9. The molecular formula is C24H31FN2O2. The number of nitrogens with one attached hydrogen (secondary N) is 1. The van der Waals surface area contributed by atoms with E-state index < -0.39 is 17.7 Å². The van der Waals surface area contributed by atoms with Crippen molar-refractivity contribution < 1.29 is 13.9 Å². The third kappa shape index (κ3) is 5.36. The highest BCUT2D eigenvalue weighted by Gasteiger charge is 2.38. The molecule has 1 amide bonds. The number of carbonyl (C=O) groups excluding carboxylic acids is 1. The van der Waals surface area contributed by atoms with E-state index in [9.17, 15) is 9.18 Å². The number of halogens is 1. The molecule has 1 heterocycles. The number of carbonyl (C=O) groups is 1. The SMILES string of the molecule is C[C@@H](c1ccccc1)N1CCCC1C(NC(=O)OC(C)(C)C)c1ccccc1F. The maximum atomic E-state index is 14.7. The molecule has 29 heavy (non-hydrogen) atoms. The Labute approximate surface area is 173 Å². The van der Waals surface area contributed by atoms with Gasteiger partial charge in [0.2, 0.25) is 0 Å². The molecule has 1 N–H and O–H groups in total. The Morgan fingerprint density at radius 1 is 1.14 bits per heavy atom. The quantitative estimate of drug-likeness (QED) is 0.711. The molecule has 1 fully saturated rings. The molecule has 2 aromatic carbocycles. The smallest absolute Gasteiger partial charge is 0.408 e. The Balaban J connectivity index is 1.90. The zero-order valence-corrected chi connectivity index (χ0v) is 17.7. The maximum Gasteiger partial charge on any atom is 0.408 e. The molecular weight excluding hydrogens is 367 g/mol. The van der Waals surface area contributed by atoms with E-state index in [-0.39, 0.29) is 17.9 Å². The first-order valence-electron chi connectivity index (χ1n) is 10.3. The molecule has 3 atom stereocenters. The van der Waals surface area contributed by atoms with Crippen molar-refractivity contribution in [2.45, 2.75) is 64.3 Å². The summed E-state index contributed by atoms with van der Waals surface area (Å²) >= 11 is 0. The van der Waals surface area contributed by atoms with Gasteiger partial charge < -0.3 is 10.1 Å². The summed E-state index contributed by atoms with van der Waals surface area (Å²) in [5, 5.41) is 2.97. The summed E-state index contributed by atoms with van der Waals surface area (Å²) in [5.41, 5.74) is 1.09. The van der Waals surface area contributed by atoms with E-state index in [0.29, 0.717) is 5.56 Å². The van der Waals surface area contributed by atoms with Gasteiger partial charge in [0.05, 0.1) is 6.04 Å². The summed E-state index contributed by atoms with van der Waals surface area (Å²) in [5.74, 6) is -0.312. The zero-order valence-electron chi connectivity index (χ0n) is 17.7. The summed E-state index contributed by atoms with van der Waals surface area (Å²) in [6, 6.07) is 16.6. The first-order chi connectivity index (χ1) is 13.8. The van der Waals surface area contributed by atoms with Crippen LogP contribution >= 0.6 is 0 Å². The molecule has 5 heteroatoms. The first kappa shape index (κ1) is 21.3. The Morgan fingerprint density at radius 3 is 2.45 bits per heavy atom. The summed E-state index contributed by atoms with van der Waals surface area (Å²) in [6.07, 6.45) is 1.36. The molecule has 1 aliphatic rings. The molecule has 3 rings (SSSR count). The van der Waals surface area contributed by atoms with Crippen LogP contribution in [0.2, 0.25) is 0 Å². The molecule has 156 valence electrons. The maximum absolute atomic E-state index is 14.7. The normalized spacial score (nSPS) is 19.6. The molecule has 0 bridgehead atoms.